The molecule has 0 rings (SSSR count). The predicted octanol–water partition coefficient (Wildman–Crippen LogP) is -0.235. The van der Waals surface area contributed by atoms with Crippen LogP contribution in [0, 0.1) is 0 Å². The number of hydrogen-bond acceptors (Lipinski definition) is 6. The van der Waals surface area contributed by atoms with E-state index in [-0.39, 0.29) is 24.4 Å². The number of nitrogens with one attached hydrogen (secondary N) is 1. The van der Waals surface area contributed by atoms with Gasteiger partial charge in [0.15, 0.2) is 0 Å². The quantitative estimate of drug-likeness (QED) is 0.377. The minimum Gasteiger partial charge on any atom is -0.462 e. The standard InChI is InChI=1S/C9H17NO6S2/c1-8(2)9(11)16-6-4-5-7-18(14,15)10-17(3,12)13/h10H,1,4-7H2,2-3H3. The van der Waals surface area contributed by atoms with Crippen LogP contribution in [0.2, 0.25) is 0 Å². The molecule has 0 heterocycles. The fourth-order valence-corrected chi connectivity index (χ4v) is 3.72. The van der Waals surface area contributed by atoms with Gasteiger partial charge in [-0.1, -0.05) is 6.58 Å². The van der Waals surface area contributed by atoms with Gasteiger partial charge in [-0.3, -0.25) is 0 Å². The molecule has 1 N–H and O–H groups in total. The smallest absolute Gasteiger partial charge is 0.333 e. The first-order chi connectivity index (χ1) is 8.03. The van der Waals surface area contributed by atoms with Gasteiger partial charge in [0.2, 0.25) is 20.0 Å². The number of esters is 1. The van der Waals surface area contributed by atoms with Gasteiger partial charge in [-0.25, -0.2) is 21.6 Å². The Hall–Kier alpha value is -0.930. The van der Waals surface area contributed by atoms with E-state index in [0.29, 0.717) is 6.42 Å². The summed E-state index contributed by atoms with van der Waals surface area (Å²) in [5.41, 5.74) is 0.265. The van der Waals surface area contributed by atoms with Crippen LogP contribution in [-0.2, 0) is 29.6 Å². The average Bonchev–Trinajstić information content (AvgIpc) is 2.12. The Morgan fingerprint density at radius 2 is 1.78 bits per heavy atom. The zero-order valence-corrected chi connectivity index (χ0v) is 11.9. The zero-order chi connectivity index (χ0) is 14.4. The third-order valence-electron chi connectivity index (χ3n) is 1.67. The maximum absolute atomic E-state index is 11.2. The van der Waals surface area contributed by atoms with Crippen LogP contribution in [0.3, 0.4) is 0 Å². The van der Waals surface area contributed by atoms with Crippen molar-refractivity contribution in [1.29, 1.82) is 0 Å². The van der Waals surface area contributed by atoms with Crippen LogP contribution in [-0.4, -0.2) is 41.4 Å². The highest BCUT2D eigenvalue weighted by Crippen LogP contribution is 1.99. The number of rotatable bonds is 8. The van der Waals surface area contributed by atoms with Crippen molar-refractivity contribution in [3.8, 4) is 0 Å². The molecule has 0 unspecified atom stereocenters. The largest absolute Gasteiger partial charge is 0.462 e. The van der Waals surface area contributed by atoms with Crippen molar-refractivity contribution in [2.24, 2.45) is 0 Å². The van der Waals surface area contributed by atoms with E-state index < -0.39 is 26.0 Å². The molecule has 0 aromatic rings. The Morgan fingerprint density at radius 1 is 1.22 bits per heavy atom. The SMILES string of the molecule is C=C(C)C(=O)OCCCCS(=O)(=O)NS(C)(=O)=O. The number of ether oxygens (including phenoxy) is 1. The number of unbranched alkanes of at least 4 members (excludes halogenated alkanes) is 1. The van der Waals surface area contributed by atoms with Crippen LogP contribution < -0.4 is 4.13 Å². The summed E-state index contributed by atoms with van der Waals surface area (Å²) in [6, 6.07) is 0. The van der Waals surface area contributed by atoms with Gasteiger partial charge in [-0.05, 0) is 19.8 Å². The first-order valence-electron chi connectivity index (χ1n) is 5.07. The Bertz CT molecular complexity index is 505. The van der Waals surface area contributed by atoms with E-state index in [1.807, 2.05) is 0 Å². The molecule has 106 valence electrons. The lowest BCUT2D eigenvalue weighted by atomic mass is 10.3. The summed E-state index contributed by atoms with van der Waals surface area (Å²) < 4.78 is 50.2. The van der Waals surface area contributed by atoms with Crippen LogP contribution in [0.25, 0.3) is 0 Å². The van der Waals surface area contributed by atoms with Gasteiger partial charge < -0.3 is 4.74 Å². The van der Waals surface area contributed by atoms with E-state index in [4.69, 9.17) is 4.74 Å². The second kappa shape index (κ2) is 6.86. The Labute approximate surface area is 107 Å². The van der Waals surface area contributed by atoms with Crippen LogP contribution >= 0.6 is 0 Å². The summed E-state index contributed by atoms with van der Waals surface area (Å²) in [6.45, 7) is 4.96. The zero-order valence-electron chi connectivity index (χ0n) is 10.3. The summed E-state index contributed by atoms with van der Waals surface area (Å²) in [6.07, 6.45) is 1.28. The highest BCUT2D eigenvalue weighted by molar-refractivity contribution is 8.04. The third-order valence-corrected chi connectivity index (χ3v) is 4.72. The molecule has 0 aromatic carbocycles. The van der Waals surface area contributed by atoms with Gasteiger partial charge in [-0.2, -0.15) is 0 Å². The molecular formula is C9H17NO6S2. The second-order valence-electron chi connectivity index (χ2n) is 3.80. The van der Waals surface area contributed by atoms with Crippen LogP contribution in [0.4, 0.5) is 0 Å². The van der Waals surface area contributed by atoms with Crippen molar-refractivity contribution in [1.82, 2.24) is 4.13 Å². The molecule has 7 nitrogen and oxygen atoms in total. The summed E-state index contributed by atoms with van der Waals surface area (Å²) >= 11 is 0. The first kappa shape index (κ1) is 17.1. The molecule has 0 aliphatic rings. The molecule has 0 radical (unpaired) electrons. The molecule has 0 spiro atoms. The van der Waals surface area contributed by atoms with Crippen molar-refractivity contribution in [3.63, 3.8) is 0 Å². The number of hydrogen-bond donors (Lipinski definition) is 1. The Kier molecular flexibility index (Phi) is 6.50. The Morgan fingerprint density at radius 3 is 2.22 bits per heavy atom. The molecular weight excluding hydrogens is 282 g/mol. The number of sulfonamides is 2. The second-order valence-corrected chi connectivity index (χ2v) is 7.65. The van der Waals surface area contributed by atoms with Crippen LogP contribution in [0.5, 0.6) is 0 Å². The molecule has 0 amide bonds. The molecule has 0 saturated carbocycles. The van der Waals surface area contributed by atoms with E-state index in [1.165, 1.54) is 11.1 Å². The maximum atomic E-state index is 11.2. The van der Waals surface area contributed by atoms with Gasteiger partial charge in [-0.15, -0.1) is 4.13 Å². The maximum Gasteiger partial charge on any atom is 0.333 e. The van der Waals surface area contributed by atoms with Crippen LogP contribution in [0.15, 0.2) is 12.2 Å². The molecule has 0 saturated heterocycles. The molecule has 9 heteroatoms. The summed E-state index contributed by atoms with van der Waals surface area (Å²) in [5.74, 6) is -0.878. The summed E-state index contributed by atoms with van der Waals surface area (Å²) in [5, 5.41) is 0. The normalized spacial score (nSPS) is 12.1. The van der Waals surface area contributed by atoms with E-state index in [9.17, 15) is 21.6 Å². The van der Waals surface area contributed by atoms with Gasteiger partial charge in [0.1, 0.15) is 0 Å². The molecule has 18 heavy (non-hydrogen) atoms. The molecule has 0 aliphatic heterocycles. The topological polar surface area (TPSA) is 107 Å². The van der Waals surface area contributed by atoms with Crippen molar-refractivity contribution in [2.75, 3.05) is 18.6 Å². The van der Waals surface area contributed by atoms with Gasteiger partial charge >= 0.3 is 5.97 Å². The van der Waals surface area contributed by atoms with Gasteiger partial charge in [0.05, 0.1) is 18.6 Å². The van der Waals surface area contributed by atoms with Gasteiger partial charge in [0, 0.05) is 5.57 Å². The fraction of sp³-hybridized carbons (Fsp3) is 0.667. The van der Waals surface area contributed by atoms with Crippen molar-refractivity contribution < 1.29 is 26.4 Å². The lowest BCUT2D eigenvalue weighted by molar-refractivity contribution is -0.139. The Balaban J connectivity index is 3.93. The summed E-state index contributed by atoms with van der Waals surface area (Å²) in [7, 11) is -7.64. The predicted molar refractivity (Wildman–Crippen MR) is 66.8 cm³/mol. The molecule has 0 fully saturated rings. The van der Waals surface area contributed by atoms with Gasteiger partial charge in [0.25, 0.3) is 0 Å². The third kappa shape index (κ3) is 9.14. The van der Waals surface area contributed by atoms with Crippen molar-refractivity contribution in [2.45, 2.75) is 19.8 Å². The minimum atomic E-state index is -3.85. The highest BCUT2D eigenvalue weighted by atomic mass is 32.3. The van der Waals surface area contributed by atoms with E-state index in [2.05, 4.69) is 6.58 Å². The minimum absolute atomic E-state index is 0.0695. The first-order valence-corrected chi connectivity index (χ1v) is 8.62. The fourth-order valence-electron chi connectivity index (χ4n) is 0.955. The lowest BCUT2D eigenvalue weighted by Gasteiger charge is -2.05. The monoisotopic (exact) mass is 299 g/mol. The lowest BCUT2D eigenvalue weighted by Crippen LogP contribution is -2.31. The number of carbonyl (C=O) groups excluding carboxylic acids is 1. The van der Waals surface area contributed by atoms with E-state index in [0.717, 1.165) is 6.26 Å². The molecule has 0 aromatic heterocycles. The van der Waals surface area contributed by atoms with Crippen molar-refractivity contribution in [3.05, 3.63) is 12.2 Å². The molecule has 0 bridgehead atoms. The van der Waals surface area contributed by atoms with Crippen molar-refractivity contribution >= 4 is 26.0 Å². The molecule has 0 aliphatic carbocycles. The highest BCUT2D eigenvalue weighted by Gasteiger charge is 2.15. The number of carbonyl (C=O) groups is 1. The van der Waals surface area contributed by atoms with E-state index >= 15 is 0 Å². The average molecular weight is 299 g/mol. The van der Waals surface area contributed by atoms with Crippen LogP contribution in [0.1, 0.15) is 19.8 Å². The van der Waals surface area contributed by atoms with E-state index in [1.54, 1.807) is 0 Å². The molecule has 0 atom stereocenters. The summed E-state index contributed by atoms with van der Waals surface area (Å²) in [4.78, 5) is 11.0.